The van der Waals surface area contributed by atoms with Crippen molar-refractivity contribution in [3.8, 4) is 0 Å². The van der Waals surface area contributed by atoms with Crippen LogP contribution in [0.4, 0.5) is 0 Å². The third-order valence-electron chi connectivity index (χ3n) is 2.82. The number of rotatable bonds is 2. The van der Waals surface area contributed by atoms with Crippen LogP contribution in [0.25, 0.3) is 0 Å². The minimum atomic E-state index is -1.84. The summed E-state index contributed by atoms with van der Waals surface area (Å²) >= 11 is 0. The zero-order valence-corrected chi connectivity index (χ0v) is 8.87. The standard InChI is InChI=1S/C9H17NO6/c1-4(11)10-3-9(16)2-5(12)6(13)7(14)8(9)15/h5-8,12-16H,2-3H2,1H3,(H,10,11)/t5-,6-,7-,8+,9+/m0/s1. The Morgan fingerprint density at radius 2 is 1.88 bits per heavy atom. The van der Waals surface area contributed by atoms with Crippen LogP contribution in [0.2, 0.25) is 0 Å². The van der Waals surface area contributed by atoms with E-state index in [1.807, 2.05) is 0 Å². The minimum Gasteiger partial charge on any atom is -0.390 e. The molecule has 5 atom stereocenters. The maximum absolute atomic E-state index is 10.7. The predicted molar refractivity (Wildman–Crippen MR) is 52.3 cm³/mol. The van der Waals surface area contributed by atoms with Gasteiger partial charge in [0, 0.05) is 19.9 Å². The third-order valence-corrected chi connectivity index (χ3v) is 2.82. The average Bonchev–Trinajstić information content (AvgIpc) is 2.21. The highest BCUT2D eigenvalue weighted by Gasteiger charge is 2.50. The first-order chi connectivity index (χ1) is 7.28. The topological polar surface area (TPSA) is 130 Å². The van der Waals surface area contributed by atoms with Gasteiger partial charge < -0.3 is 30.8 Å². The molecule has 0 saturated heterocycles. The first-order valence-electron chi connectivity index (χ1n) is 4.97. The van der Waals surface area contributed by atoms with Crippen LogP contribution in [0, 0.1) is 0 Å². The molecule has 0 spiro atoms. The Morgan fingerprint density at radius 1 is 1.31 bits per heavy atom. The zero-order valence-electron chi connectivity index (χ0n) is 8.87. The Bertz CT molecular complexity index is 273. The summed E-state index contributed by atoms with van der Waals surface area (Å²) in [5.41, 5.74) is -1.84. The van der Waals surface area contributed by atoms with Gasteiger partial charge >= 0.3 is 0 Å². The number of nitrogens with one attached hydrogen (secondary N) is 1. The van der Waals surface area contributed by atoms with Crippen molar-refractivity contribution in [3.63, 3.8) is 0 Å². The van der Waals surface area contributed by atoms with Crippen molar-refractivity contribution in [1.29, 1.82) is 0 Å². The van der Waals surface area contributed by atoms with E-state index in [1.54, 1.807) is 0 Å². The van der Waals surface area contributed by atoms with E-state index in [1.165, 1.54) is 6.92 Å². The summed E-state index contributed by atoms with van der Waals surface area (Å²) in [6, 6.07) is 0. The summed E-state index contributed by atoms with van der Waals surface area (Å²) in [6.45, 7) is 0.935. The summed E-state index contributed by atoms with van der Waals surface area (Å²) in [4.78, 5) is 10.7. The fourth-order valence-corrected chi connectivity index (χ4v) is 1.79. The van der Waals surface area contributed by atoms with Crippen molar-refractivity contribution in [2.75, 3.05) is 6.54 Å². The molecule has 0 unspecified atom stereocenters. The first-order valence-corrected chi connectivity index (χ1v) is 4.97. The maximum atomic E-state index is 10.7. The van der Waals surface area contributed by atoms with Gasteiger partial charge in [-0.25, -0.2) is 0 Å². The maximum Gasteiger partial charge on any atom is 0.216 e. The normalized spacial score (nSPS) is 44.1. The SMILES string of the molecule is CC(=O)NC[C@]1(O)C[C@H](O)[C@H](O)[C@H](O)[C@H]1O. The van der Waals surface area contributed by atoms with E-state index in [9.17, 15) is 30.3 Å². The Kier molecular flexibility index (Phi) is 3.87. The number of hydrogen-bond donors (Lipinski definition) is 6. The van der Waals surface area contributed by atoms with Crippen molar-refractivity contribution >= 4 is 5.91 Å². The van der Waals surface area contributed by atoms with E-state index in [2.05, 4.69) is 5.32 Å². The number of aliphatic hydroxyl groups excluding tert-OH is 4. The van der Waals surface area contributed by atoms with Crippen LogP contribution in [0.3, 0.4) is 0 Å². The second kappa shape index (κ2) is 4.64. The van der Waals surface area contributed by atoms with E-state index in [0.29, 0.717) is 0 Å². The van der Waals surface area contributed by atoms with Crippen molar-refractivity contribution in [1.82, 2.24) is 5.32 Å². The number of amides is 1. The highest BCUT2D eigenvalue weighted by Crippen LogP contribution is 2.29. The molecule has 1 amide bonds. The monoisotopic (exact) mass is 235 g/mol. The molecule has 7 nitrogen and oxygen atoms in total. The smallest absolute Gasteiger partial charge is 0.216 e. The summed E-state index contributed by atoms with van der Waals surface area (Å²) in [7, 11) is 0. The number of hydrogen-bond acceptors (Lipinski definition) is 6. The van der Waals surface area contributed by atoms with Gasteiger partial charge in [-0.3, -0.25) is 4.79 Å². The van der Waals surface area contributed by atoms with Gasteiger partial charge in [0.2, 0.25) is 5.91 Å². The number of carbonyl (C=O) groups is 1. The molecule has 1 rings (SSSR count). The largest absolute Gasteiger partial charge is 0.390 e. The van der Waals surface area contributed by atoms with Crippen LogP contribution >= 0.6 is 0 Å². The fourth-order valence-electron chi connectivity index (χ4n) is 1.79. The third kappa shape index (κ3) is 2.50. The lowest BCUT2D eigenvalue weighted by Gasteiger charge is -2.44. The van der Waals surface area contributed by atoms with E-state index >= 15 is 0 Å². The summed E-state index contributed by atoms with van der Waals surface area (Å²) in [5, 5.41) is 49.8. The van der Waals surface area contributed by atoms with E-state index in [4.69, 9.17) is 0 Å². The second-order valence-electron chi connectivity index (χ2n) is 4.21. The number of carbonyl (C=O) groups excluding carboxylic acids is 1. The Hall–Kier alpha value is -0.730. The molecule has 0 aromatic rings. The van der Waals surface area contributed by atoms with Gasteiger partial charge in [0.05, 0.1) is 6.10 Å². The predicted octanol–water partition coefficient (Wildman–Crippen LogP) is -3.30. The van der Waals surface area contributed by atoms with Crippen LogP contribution in [0.1, 0.15) is 13.3 Å². The van der Waals surface area contributed by atoms with Gasteiger partial charge in [0.15, 0.2) is 0 Å². The molecular weight excluding hydrogens is 218 g/mol. The summed E-state index contributed by atoms with van der Waals surface area (Å²) < 4.78 is 0. The molecule has 0 heterocycles. The highest BCUT2D eigenvalue weighted by atomic mass is 16.4. The van der Waals surface area contributed by atoms with Crippen molar-refractivity contribution in [2.24, 2.45) is 0 Å². The molecule has 7 heteroatoms. The second-order valence-corrected chi connectivity index (χ2v) is 4.21. The molecule has 0 aromatic heterocycles. The number of aliphatic hydroxyl groups is 5. The van der Waals surface area contributed by atoms with Crippen LogP contribution in [-0.4, -0.2) is 68.0 Å². The quantitative estimate of drug-likeness (QED) is 0.297. The van der Waals surface area contributed by atoms with Crippen molar-refractivity contribution < 1.29 is 30.3 Å². The molecule has 1 fully saturated rings. The Labute approximate surface area is 92.3 Å². The molecule has 6 N–H and O–H groups in total. The summed E-state index contributed by atoms with van der Waals surface area (Å²) in [5.74, 6) is -0.407. The van der Waals surface area contributed by atoms with Gasteiger partial charge in [-0.15, -0.1) is 0 Å². The van der Waals surface area contributed by atoms with Crippen LogP contribution in [0.15, 0.2) is 0 Å². The molecule has 0 aliphatic heterocycles. The minimum absolute atomic E-state index is 0.301. The van der Waals surface area contributed by atoms with Crippen LogP contribution in [0.5, 0.6) is 0 Å². The first kappa shape index (κ1) is 13.3. The van der Waals surface area contributed by atoms with E-state index in [-0.39, 0.29) is 13.0 Å². The molecule has 0 bridgehead atoms. The lowest BCUT2D eigenvalue weighted by molar-refractivity contribution is -0.216. The molecule has 0 radical (unpaired) electrons. The van der Waals surface area contributed by atoms with E-state index in [0.717, 1.165) is 0 Å². The molecule has 1 saturated carbocycles. The lowest BCUT2D eigenvalue weighted by Crippen LogP contribution is -2.65. The Balaban J connectivity index is 2.74. The molecule has 0 aromatic carbocycles. The summed E-state index contributed by atoms with van der Waals surface area (Å²) in [6.07, 6.45) is -6.46. The van der Waals surface area contributed by atoms with Crippen molar-refractivity contribution in [2.45, 2.75) is 43.4 Å². The fraction of sp³-hybridized carbons (Fsp3) is 0.889. The van der Waals surface area contributed by atoms with E-state index < -0.39 is 35.9 Å². The van der Waals surface area contributed by atoms with Gasteiger partial charge in [0.25, 0.3) is 0 Å². The van der Waals surface area contributed by atoms with Crippen LogP contribution in [-0.2, 0) is 4.79 Å². The molecule has 1 aliphatic rings. The van der Waals surface area contributed by atoms with Crippen molar-refractivity contribution in [3.05, 3.63) is 0 Å². The van der Waals surface area contributed by atoms with Gasteiger partial charge in [0.1, 0.15) is 23.9 Å². The van der Waals surface area contributed by atoms with Gasteiger partial charge in [-0.05, 0) is 0 Å². The molecular formula is C9H17NO6. The lowest BCUT2D eigenvalue weighted by atomic mass is 9.77. The van der Waals surface area contributed by atoms with Crippen LogP contribution < -0.4 is 5.32 Å². The molecule has 1 aliphatic carbocycles. The average molecular weight is 235 g/mol. The van der Waals surface area contributed by atoms with Gasteiger partial charge in [-0.2, -0.15) is 0 Å². The highest BCUT2D eigenvalue weighted by molar-refractivity contribution is 5.72. The van der Waals surface area contributed by atoms with Gasteiger partial charge in [-0.1, -0.05) is 0 Å². The Morgan fingerprint density at radius 3 is 2.38 bits per heavy atom. The molecule has 16 heavy (non-hydrogen) atoms. The molecule has 94 valence electrons. The zero-order chi connectivity index (χ0) is 12.5.